The highest BCUT2D eigenvalue weighted by Gasteiger charge is 2.18. The summed E-state index contributed by atoms with van der Waals surface area (Å²) in [7, 11) is 0. The molecule has 0 bridgehead atoms. The molecule has 0 N–H and O–H groups in total. The topological polar surface area (TPSA) is 46.3 Å². The molecule has 0 spiro atoms. The fraction of sp³-hybridized carbons (Fsp3) is 0.391. The van der Waals surface area contributed by atoms with Crippen LogP contribution >= 0.6 is 15.9 Å². The number of aromatic nitrogens is 3. The Balaban J connectivity index is 1.42. The van der Waals surface area contributed by atoms with Crippen LogP contribution in [0.2, 0.25) is 0 Å². The third-order valence-corrected chi connectivity index (χ3v) is 5.85. The lowest BCUT2D eigenvalue weighted by Gasteiger charge is -2.37. The molecule has 1 aromatic heterocycles. The predicted molar refractivity (Wildman–Crippen MR) is 126 cm³/mol. The Morgan fingerprint density at radius 2 is 1.30 bits per heavy atom. The summed E-state index contributed by atoms with van der Waals surface area (Å²) in [5.41, 5.74) is 3.20. The van der Waals surface area contributed by atoms with Crippen molar-refractivity contribution in [3.63, 3.8) is 0 Å². The maximum absolute atomic E-state index is 12.7. The zero-order valence-corrected chi connectivity index (χ0v) is 19.3. The molecule has 7 heteroatoms. The second-order valence-electron chi connectivity index (χ2n) is 8.97. The van der Waals surface area contributed by atoms with E-state index >= 15 is 0 Å². The van der Waals surface area contributed by atoms with Gasteiger partial charge >= 0.3 is 5.69 Å². The maximum Gasteiger partial charge on any atom is 0.350 e. The molecule has 1 aliphatic rings. The Hall–Kier alpha value is -2.54. The number of anilines is 2. The molecule has 6 nitrogen and oxygen atoms in total. The van der Waals surface area contributed by atoms with E-state index in [0.29, 0.717) is 6.54 Å². The average Bonchev–Trinajstić information content (AvgIpc) is 3.07. The number of benzene rings is 2. The summed E-state index contributed by atoms with van der Waals surface area (Å²) in [5, 5.41) is 4.28. The zero-order chi connectivity index (χ0) is 21.3. The second-order valence-corrected chi connectivity index (χ2v) is 9.88. The Morgan fingerprint density at radius 3 is 1.80 bits per heavy atom. The smallest absolute Gasteiger partial charge is 0.350 e. The highest BCUT2D eigenvalue weighted by Crippen LogP contribution is 2.23. The number of hydrogen-bond acceptors (Lipinski definition) is 4. The molecule has 0 atom stereocenters. The Labute approximate surface area is 185 Å². The van der Waals surface area contributed by atoms with Gasteiger partial charge in [0.1, 0.15) is 6.33 Å². The summed E-state index contributed by atoms with van der Waals surface area (Å²) >= 11 is 3.50. The molecule has 2 aromatic carbocycles. The van der Waals surface area contributed by atoms with Gasteiger partial charge in [-0.2, -0.15) is 5.10 Å². The first-order valence-corrected chi connectivity index (χ1v) is 11.1. The van der Waals surface area contributed by atoms with Crippen LogP contribution < -0.4 is 15.5 Å². The minimum Gasteiger partial charge on any atom is -0.368 e. The average molecular weight is 470 g/mol. The molecule has 30 heavy (non-hydrogen) atoms. The fourth-order valence-electron chi connectivity index (χ4n) is 3.77. The van der Waals surface area contributed by atoms with Gasteiger partial charge in [-0.25, -0.2) is 14.0 Å². The third kappa shape index (κ3) is 4.61. The minimum atomic E-state index is -0.0965. The molecule has 1 saturated heterocycles. The summed E-state index contributed by atoms with van der Waals surface area (Å²) in [6.45, 7) is 10.8. The number of nitrogens with zero attached hydrogens (tertiary/aromatic N) is 5. The second kappa shape index (κ2) is 8.30. The lowest BCUT2D eigenvalue weighted by molar-refractivity contribution is 0.319. The largest absolute Gasteiger partial charge is 0.368 e. The quantitative estimate of drug-likeness (QED) is 0.575. The van der Waals surface area contributed by atoms with Crippen molar-refractivity contribution < 1.29 is 0 Å². The van der Waals surface area contributed by atoms with Gasteiger partial charge in [0, 0.05) is 42.0 Å². The van der Waals surface area contributed by atoms with Crippen LogP contribution in [0.1, 0.15) is 20.8 Å². The summed E-state index contributed by atoms with van der Waals surface area (Å²) in [6.07, 6.45) is 1.61. The normalized spacial score (nSPS) is 14.9. The number of halogens is 1. The number of hydrogen-bond donors (Lipinski definition) is 0. The molecule has 2 heterocycles. The van der Waals surface area contributed by atoms with Crippen molar-refractivity contribution >= 4 is 27.3 Å². The summed E-state index contributed by atoms with van der Waals surface area (Å²) in [5.74, 6) is 0. The van der Waals surface area contributed by atoms with Gasteiger partial charge in [-0.3, -0.25) is 0 Å². The molecule has 0 unspecified atom stereocenters. The van der Waals surface area contributed by atoms with E-state index < -0.39 is 0 Å². The van der Waals surface area contributed by atoms with E-state index in [-0.39, 0.29) is 11.1 Å². The van der Waals surface area contributed by atoms with Crippen molar-refractivity contribution in [2.24, 2.45) is 5.41 Å². The van der Waals surface area contributed by atoms with E-state index in [4.69, 9.17) is 0 Å². The molecular formula is C23H28BrN5O. The molecule has 0 aliphatic carbocycles. The van der Waals surface area contributed by atoms with Gasteiger partial charge in [-0.05, 0) is 53.9 Å². The van der Waals surface area contributed by atoms with Crippen LogP contribution in [0.5, 0.6) is 0 Å². The van der Waals surface area contributed by atoms with Crippen molar-refractivity contribution in [1.82, 2.24) is 14.3 Å². The summed E-state index contributed by atoms with van der Waals surface area (Å²) in [6, 6.07) is 16.7. The van der Waals surface area contributed by atoms with Crippen LogP contribution in [0.15, 0.2) is 64.1 Å². The van der Waals surface area contributed by atoms with E-state index in [2.05, 4.69) is 88.0 Å². The summed E-state index contributed by atoms with van der Waals surface area (Å²) in [4.78, 5) is 17.5. The molecule has 158 valence electrons. The molecule has 4 rings (SSSR count). The van der Waals surface area contributed by atoms with Crippen LogP contribution in [-0.2, 0) is 6.54 Å². The van der Waals surface area contributed by atoms with Crippen molar-refractivity contribution in [2.75, 3.05) is 36.0 Å². The van der Waals surface area contributed by atoms with Crippen LogP contribution in [0.4, 0.5) is 11.4 Å². The van der Waals surface area contributed by atoms with Gasteiger partial charge in [0.15, 0.2) is 0 Å². The van der Waals surface area contributed by atoms with Gasteiger partial charge in [0.25, 0.3) is 0 Å². The Bertz CT molecular complexity index is 1040. The zero-order valence-electron chi connectivity index (χ0n) is 17.8. The van der Waals surface area contributed by atoms with Gasteiger partial charge in [0.05, 0.1) is 12.2 Å². The van der Waals surface area contributed by atoms with E-state index in [1.54, 1.807) is 10.9 Å². The lowest BCUT2D eigenvalue weighted by atomic mass is 9.97. The lowest BCUT2D eigenvalue weighted by Crippen LogP contribution is -2.46. The van der Waals surface area contributed by atoms with Crippen molar-refractivity contribution in [3.05, 3.63) is 69.8 Å². The monoisotopic (exact) mass is 469 g/mol. The predicted octanol–water partition coefficient (Wildman–Crippen LogP) is 4.17. The number of rotatable bonds is 4. The molecular weight excluding hydrogens is 442 g/mol. The third-order valence-electron chi connectivity index (χ3n) is 5.32. The van der Waals surface area contributed by atoms with E-state index in [0.717, 1.165) is 36.3 Å². The molecule has 0 radical (unpaired) electrons. The highest BCUT2D eigenvalue weighted by molar-refractivity contribution is 9.10. The van der Waals surface area contributed by atoms with Gasteiger partial charge in [-0.15, -0.1) is 0 Å². The van der Waals surface area contributed by atoms with Crippen LogP contribution in [0.3, 0.4) is 0 Å². The number of piperazine rings is 1. The van der Waals surface area contributed by atoms with Gasteiger partial charge in [0.2, 0.25) is 0 Å². The van der Waals surface area contributed by atoms with E-state index in [1.807, 2.05) is 12.1 Å². The maximum atomic E-state index is 12.7. The van der Waals surface area contributed by atoms with Crippen molar-refractivity contribution in [1.29, 1.82) is 0 Å². The van der Waals surface area contributed by atoms with Crippen LogP contribution in [0, 0.1) is 5.41 Å². The van der Waals surface area contributed by atoms with Gasteiger partial charge in [-0.1, -0.05) is 36.7 Å². The van der Waals surface area contributed by atoms with E-state index in [1.165, 1.54) is 16.1 Å². The molecule has 0 saturated carbocycles. The highest BCUT2D eigenvalue weighted by atomic mass is 79.9. The first-order valence-electron chi connectivity index (χ1n) is 10.3. The van der Waals surface area contributed by atoms with Crippen molar-refractivity contribution in [2.45, 2.75) is 27.3 Å². The SMILES string of the molecule is CC(C)(C)Cn1ncn(-c2ccc(N3CCN(c4ccc(Br)cc4)CC3)cc2)c1=O. The first kappa shape index (κ1) is 20.7. The Morgan fingerprint density at radius 1 is 0.833 bits per heavy atom. The molecule has 1 fully saturated rings. The van der Waals surface area contributed by atoms with Crippen LogP contribution in [0.25, 0.3) is 5.69 Å². The van der Waals surface area contributed by atoms with Crippen LogP contribution in [-0.4, -0.2) is 40.5 Å². The first-order chi connectivity index (χ1) is 14.3. The van der Waals surface area contributed by atoms with E-state index in [9.17, 15) is 4.79 Å². The fourth-order valence-corrected chi connectivity index (χ4v) is 4.04. The standard InChI is InChI=1S/C23H28BrN5O/c1-23(2,3)16-29-22(30)28(17-25-29)21-10-8-20(9-11-21)27-14-12-26(13-15-27)19-6-4-18(24)5-7-19/h4-11,17H,12-16H2,1-3H3. The molecule has 1 aliphatic heterocycles. The molecule has 3 aromatic rings. The van der Waals surface area contributed by atoms with Crippen molar-refractivity contribution in [3.8, 4) is 5.69 Å². The Kier molecular flexibility index (Phi) is 5.73. The van der Waals surface area contributed by atoms with Gasteiger partial charge < -0.3 is 9.80 Å². The molecule has 0 amide bonds. The minimum absolute atomic E-state index is 0.00522. The summed E-state index contributed by atoms with van der Waals surface area (Å²) < 4.78 is 4.25.